The topological polar surface area (TPSA) is 74.6 Å². The highest BCUT2D eigenvalue weighted by Gasteiger charge is 2.27. The molecule has 0 radical (unpaired) electrons. The van der Waals surface area contributed by atoms with Crippen molar-refractivity contribution in [1.29, 1.82) is 0 Å². The fourth-order valence-corrected chi connectivity index (χ4v) is 1.08. The summed E-state index contributed by atoms with van der Waals surface area (Å²) in [6.07, 6.45) is -1.51. The normalized spacial score (nSPS) is 15.5. The predicted molar refractivity (Wildman–Crippen MR) is 47.4 cm³/mol. The third-order valence-electron chi connectivity index (χ3n) is 1.86. The smallest absolute Gasteiger partial charge is 0.306 e. The van der Waals surface area contributed by atoms with Gasteiger partial charge >= 0.3 is 5.97 Å². The van der Waals surface area contributed by atoms with E-state index >= 15 is 0 Å². The number of carboxylic acid groups (broad SMARTS) is 1. The number of halogens is 1. The Bertz CT molecular complexity index is 202. The highest BCUT2D eigenvalue weighted by Crippen LogP contribution is 2.18. The monoisotopic (exact) mass is 208 g/mol. The Kier molecular flexibility index (Phi) is 4.95. The van der Waals surface area contributed by atoms with Crippen LogP contribution in [0.3, 0.4) is 0 Å². The van der Waals surface area contributed by atoms with Gasteiger partial charge in [-0.25, -0.2) is 0 Å². The molecule has 0 aliphatic carbocycles. The minimum absolute atomic E-state index is 0.130. The van der Waals surface area contributed by atoms with E-state index < -0.39 is 23.2 Å². The highest BCUT2D eigenvalue weighted by molar-refractivity contribution is 6.64. The van der Waals surface area contributed by atoms with E-state index in [2.05, 4.69) is 0 Å². The number of carbonyl (C=O) groups is 2. The Balaban J connectivity index is 4.27. The first-order valence-corrected chi connectivity index (χ1v) is 4.34. The first-order valence-electron chi connectivity index (χ1n) is 3.96. The van der Waals surface area contributed by atoms with Gasteiger partial charge in [-0.05, 0) is 23.9 Å². The Hall–Kier alpha value is -0.610. The van der Waals surface area contributed by atoms with Gasteiger partial charge in [-0.3, -0.25) is 9.59 Å². The molecule has 0 aromatic carbocycles. The Morgan fingerprint density at radius 1 is 1.38 bits per heavy atom. The lowest BCUT2D eigenvalue weighted by Crippen LogP contribution is -2.27. The molecule has 0 heterocycles. The second-order valence-electron chi connectivity index (χ2n) is 3.24. The van der Waals surface area contributed by atoms with Crippen molar-refractivity contribution in [2.24, 2.45) is 11.8 Å². The maximum atomic E-state index is 10.6. The average molecular weight is 209 g/mol. The molecule has 0 amide bonds. The summed E-state index contributed by atoms with van der Waals surface area (Å²) in [6.45, 7) is 3.43. The highest BCUT2D eigenvalue weighted by atomic mass is 35.5. The van der Waals surface area contributed by atoms with Gasteiger partial charge in [0.1, 0.15) is 6.10 Å². The van der Waals surface area contributed by atoms with E-state index in [0.717, 1.165) is 0 Å². The standard InChI is InChI=1S/C8H13ClO4/c1-4(2)5(8(12)13)3-6(10)7(9)11/h4-6,10H,3H2,1-2H3,(H,12,13)/t5?,6-/m0/s1. The summed E-state index contributed by atoms with van der Waals surface area (Å²) in [5.41, 5.74) is 0. The second-order valence-corrected chi connectivity index (χ2v) is 3.62. The van der Waals surface area contributed by atoms with Crippen molar-refractivity contribution in [3.8, 4) is 0 Å². The maximum Gasteiger partial charge on any atom is 0.306 e. The Labute approximate surface area is 81.5 Å². The van der Waals surface area contributed by atoms with Crippen LogP contribution in [0.5, 0.6) is 0 Å². The lowest BCUT2D eigenvalue weighted by atomic mass is 9.90. The van der Waals surface area contributed by atoms with E-state index in [9.17, 15) is 9.59 Å². The summed E-state index contributed by atoms with van der Waals surface area (Å²) in [5.74, 6) is -1.90. The molecule has 76 valence electrons. The van der Waals surface area contributed by atoms with Gasteiger partial charge in [0.2, 0.25) is 5.24 Å². The first-order chi connectivity index (χ1) is 5.86. The third kappa shape index (κ3) is 4.24. The molecular weight excluding hydrogens is 196 g/mol. The maximum absolute atomic E-state index is 10.6. The minimum Gasteiger partial charge on any atom is -0.481 e. The van der Waals surface area contributed by atoms with Crippen LogP contribution >= 0.6 is 11.6 Å². The van der Waals surface area contributed by atoms with E-state index in [1.807, 2.05) is 0 Å². The zero-order valence-corrected chi connectivity index (χ0v) is 8.28. The molecule has 0 bridgehead atoms. The van der Waals surface area contributed by atoms with Gasteiger partial charge in [0.25, 0.3) is 0 Å². The van der Waals surface area contributed by atoms with Crippen LogP contribution in [-0.2, 0) is 9.59 Å². The molecule has 2 N–H and O–H groups in total. The number of hydrogen-bond acceptors (Lipinski definition) is 3. The Morgan fingerprint density at radius 2 is 1.85 bits per heavy atom. The molecule has 0 aliphatic rings. The quantitative estimate of drug-likeness (QED) is 0.658. The molecule has 13 heavy (non-hydrogen) atoms. The van der Waals surface area contributed by atoms with Crippen molar-refractivity contribution in [3.05, 3.63) is 0 Å². The molecule has 0 fully saturated rings. The van der Waals surface area contributed by atoms with Crippen LogP contribution in [0.1, 0.15) is 20.3 Å². The molecule has 0 aromatic heterocycles. The van der Waals surface area contributed by atoms with Crippen LogP contribution < -0.4 is 0 Å². The van der Waals surface area contributed by atoms with Crippen LogP contribution in [0.15, 0.2) is 0 Å². The molecule has 0 saturated heterocycles. The molecule has 0 spiro atoms. The molecular formula is C8H13ClO4. The summed E-state index contributed by atoms with van der Waals surface area (Å²) < 4.78 is 0. The van der Waals surface area contributed by atoms with Gasteiger partial charge in [0.15, 0.2) is 0 Å². The number of aliphatic hydroxyl groups is 1. The van der Waals surface area contributed by atoms with Gasteiger partial charge in [-0.15, -0.1) is 0 Å². The summed E-state index contributed by atoms with van der Waals surface area (Å²) in [7, 11) is 0. The van der Waals surface area contributed by atoms with Crippen molar-refractivity contribution in [2.45, 2.75) is 26.4 Å². The largest absolute Gasteiger partial charge is 0.481 e. The summed E-state index contributed by atoms with van der Waals surface area (Å²) in [5, 5.41) is 16.8. The average Bonchev–Trinajstić information content (AvgIpc) is 1.97. The summed E-state index contributed by atoms with van der Waals surface area (Å²) in [6, 6.07) is 0. The second kappa shape index (κ2) is 5.19. The van der Waals surface area contributed by atoms with Crippen LogP contribution in [0.25, 0.3) is 0 Å². The van der Waals surface area contributed by atoms with E-state index in [1.165, 1.54) is 0 Å². The zero-order valence-electron chi connectivity index (χ0n) is 7.53. The molecule has 0 aliphatic heterocycles. The van der Waals surface area contributed by atoms with Crippen molar-refractivity contribution in [3.63, 3.8) is 0 Å². The molecule has 5 heteroatoms. The molecule has 0 saturated carbocycles. The summed E-state index contributed by atoms with van der Waals surface area (Å²) in [4.78, 5) is 21.1. The van der Waals surface area contributed by atoms with E-state index in [4.69, 9.17) is 21.8 Å². The van der Waals surface area contributed by atoms with Crippen molar-refractivity contribution < 1.29 is 19.8 Å². The van der Waals surface area contributed by atoms with Crippen LogP contribution in [-0.4, -0.2) is 27.5 Å². The van der Waals surface area contributed by atoms with Gasteiger partial charge in [0, 0.05) is 0 Å². The molecule has 2 atom stereocenters. The van der Waals surface area contributed by atoms with E-state index in [0.29, 0.717) is 0 Å². The van der Waals surface area contributed by atoms with Crippen molar-refractivity contribution in [2.75, 3.05) is 0 Å². The number of aliphatic hydroxyl groups excluding tert-OH is 1. The van der Waals surface area contributed by atoms with Crippen LogP contribution in [0.2, 0.25) is 0 Å². The van der Waals surface area contributed by atoms with Crippen molar-refractivity contribution >= 4 is 22.8 Å². The van der Waals surface area contributed by atoms with Gasteiger partial charge < -0.3 is 10.2 Å². The summed E-state index contributed by atoms with van der Waals surface area (Å²) >= 11 is 5.00. The van der Waals surface area contributed by atoms with Gasteiger partial charge in [0.05, 0.1) is 5.92 Å². The van der Waals surface area contributed by atoms with E-state index in [-0.39, 0.29) is 12.3 Å². The fraction of sp³-hybridized carbons (Fsp3) is 0.750. The number of rotatable bonds is 5. The van der Waals surface area contributed by atoms with Crippen molar-refractivity contribution in [1.82, 2.24) is 0 Å². The number of carbonyl (C=O) groups excluding carboxylic acids is 1. The number of aliphatic carboxylic acids is 1. The lowest BCUT2D eigenvalue weighted by molar-refractivity contribution is -0.144. The number of carboxylic acids is 1. The Morgan fingerprint density at radius 3 is 2.08 bits per heavy atom. The number of hydrogen-bond donors (Lipinski definition) is 2. The van der Waals surface area contributed by atoms with Gasteiger partial charge in [-0.1, -0.05) is 13.8 Å². The van der Waals surface area contributed by atoms with Gasteiger partial charge in [-0.2, -0.15) is 0 Å². The molecule has 0 aromatic rings. The fourth-order valence-electron chi connectivity index (χ4n) is 0.991. The first kappa shape index (κ1) is 12.4. The molecule has 4 nitrogen and oxygen atoms in total. The predicted octanol–water partition coefficient (Wildman–Crippen LogP) is 0.860. The lowest BCUT2D eigenvalue weighted by Gasteiger charge is -2.17. The minimum atomic E-state index is -1.38. The van der Waals surface area contributed by atoms with Crippen LogP contribution in [0, 0.1) is 11.8 Å². The SMILES string of the molecule is CC(C)C(C[C@H](O)C(=O)Cl)C(=O)O. The zero-order chi connectivity index (χ0) is 10.6. The third-order valence-corrected chi connectivity index (χ3v) is 2.11. The van der Waals surface area contributed by atoms with Crippen LogP contribution in [0.4, 0.5) is 0 Å². The molecule has 0 rings (SSSR count). The van der Waals surface area contributed by atoms with E-state index in [1.54, 1.807) is 13.8 Å². The molecule has 1 unspecified atom stereocenters.